The number of rotatable bonds is 8. The first kappa shape index (κ1) is 87.0. The van der Waals surface area contributed by atoms with E-state index in [0.29, 0.717) is 0 Å². The minimum atomic E-state index is -3.17. The molecular formula is C32H88B4F4O16. The van der Waals surface area contributed by atoms with Crippen LogP contribution in [0.25, 0.3) is 0 Å². The summed E-state index contributed by atoms with van der Waals surface area (Å²) in [6.07, 6.45) is 0. The molecule has 0 aliphatic carbocycles. The summed E-state index contributed by atoms with van der Waals surface area (Å²) in [5.41, 5.74) is 0. The Balaban J connectivity index is -0.0000000378. The fraction of sp³-hybridized carbons (Fsp3) is 1.00. The van der Waals surface area contributed by atoms with Crippen LogP contribution in [0.4, 0.5) is 17.3 Å². The van der Waals surface area contributed by atoms with Gasteiger partial charge in [-0.15, -0.1) is 0 Å². The van der Waals surface area contributed by atoms with Gasteiger partial charge in [0.15, 0.2) is 0 Å². The van der Waals surface area contributed by atoms with Crippen LogP contribution in [-0.4, -0.2) is 196 Å². The van der Waals surface area contributed by atoms with Gasteiger partial charge in [0.1, 0.15) is 196 Å². The molecular weight excluding hydrogens is 760 g/mol. The zero-order chi connectivity index (χ0) is 48.6. The van der Waals surface area contributed by atoms with E-state index < -0.39 is 29.6 Å². The Kier molecular flexibility index (Phi) is 128. The summed E-state index contributed by atoms with van der Waals surface area (Å²) in [7, 11) is 18.9. The molecule has 0 fully saturated rings. The number of hydrogen-bond donors (Lipinski definition) is 0. The molecule has 0 atom stereocenters. The monoisotopic (exact) mass is 849 g/mol. The lowest BCUT2D eigenvalue weighted by Crippen LogP contribution is -2.39. The van der Waals surface area contributed by atoms with Gasteiger partial charge in [-0.3, -0.25) is 0 Å². The molecule has 0 unspecified atom stereocenters. The van der Waals surface area contributed by atoms with Crippen LogP contribution in [0.5, 0.6) is 0 Å². The van der Waals surface area contributed by atoms with Crippen molar-refractivity contribution in [3.63, 3.8) is 0 Å². The first-order chi connectivity index (χ1) is 25.1. The van der Waals surface area contributed by atoms with Gasteiger partial charge in [-0.25, -0.2) is 0 Å². The van der Waals surface area contributed by atoms with Crippen LogP contribution in [0.3, 0.4) is 0 Å². The molecule has 0 amide bonds. The van der Waals surface area contributed by atoms with Crippen molar-refractivity contribution in [1.82, 2.24) is 0 Å². The minimum Gasteiger partial charge on any atom is -0.867 e. The van der Waals surface area contributed by atoms with E-state index in [1.807, 2.05) is 114 Å². The first-order valence-corrected chi connectivity index (χ1v) is 17.3. The molecule has 0 heterocycles. The third-order valence-electron chi connectivity index (χ3n) is 4.62. The largest absolute Gasteiger partial charge is 0.867 e. The summed E-state index contributed by atoms with van der Waals surface area (Å²) in [6.45, 7) is 25.1. The molecule has 56 heavy (non-hydrogen) atoms. The molecule has 0 rings (SSSR count). The molecule has 352 valence electrons. The van der Waals surface area contributed by atoms with Crippen molar-refractivity contribution in [3.05, 3.63) is 0 Å². The highest BCUT2D eigenvalue weighted by molar-refractivity contribution is 6.27. The predicted molar refractivity (Wildman–Crippen MR) is 215 cm³/mol. The standard InChI is InChI=1S/8C4H11O.4BFO2/c8*1-4-5(2)3;4*2-1(3)4/h8*4H2,1-3H3;;;;/q8*+1;4*-2. The minimum absolute atomic E-state index is 1.06. The second-order valence-corrected chi connectivity index (χ2v) is 11.3. The maximum Gasteiger partial charge on any atom is 0.142 e. The van der Waals surface area contributed by atoms with Gasteiger partial charge in [0, 0.05) is 55.4 Å². The highest BCUT2D eigenvalue weighted by Gasteiger charge is 1.80. The van der Waals surface area contributed by atoms with Gasteiger partial charge in [0.05, 0.1) is 0 Å². The third kappa shape index (κ3) is 621. The zero-order valence-electron chi connectivity index (χ0n) is 40.0. The summed E-state index contributed by atoms with van der Waals surface area (Å²) in [6, 6.07) is 0. The van der Waals surface area contributed by atoms with E-state index in [9.17, 15) is 17.3 Å². The molecule has 0 aliphatic rings. The Bertz CT molecular complexity index is 411. The van der Waals surface area contributed by atoms with E-state index in [2.05, 4.69) is 90.3 Å². The van der Waals surface area contributed by atoms with Crippen molar-refractivity contribution in [2.75, 3.05) is 167 Å². The summed E-state index contributed by atoms with van der Waals surface area (Å²) in [5, 5.41) is 66.4. The third-order valence-corrected chi connectivity index (χ3v) is 4.62. The Morgan fingerprint density at radius 2 is 0.250 bits per heavy atom. The summed E-state index contributed by atoms with van der Waals surface area (Å²) in [5.74, 6) is 0. The molecule has 0 radical (unpaired) electrons. The molecule has 0 aliphatic heterocycles. The molecule has 0 spiro atoms. The normalized spacial score (nSPS) is 8.79. The Hall–Kier alpha value is -0.660. The number of halogens is 4. The van der Waals surface area contributed by atoms with Crippen molar-refractivity contribution >= 4 is 29.6 Å². The van der Waals surface area contributed by atoms with Gasteiger partial charge in [-0.05, 0) is 0 Å². The first-order valence-electron chi connectivity index (χ1n) is 17.3. The van der Waals surface area contributed by atoms with Crippen LogP contribution in [0.2, 0.25) is 0 Å². The van der Waals surface area contributed by atoms with Gasteiger partial charge in [0.25, 0.3) is 0 Å². The van der Waals surface area contributed by atoms with Crippen LogP contribution < -0.4 is 40.2 Å². The average molecular weight is 848 g/mol. The van der Waals surface area contributed by atoms with Crippen molar-refractivity contribution in [2.24, 2.45) is 0 Å². The second kappa shape index (κ2) is 82.3. The second-order valence-electron chi connectivity index (χ2n) is 11.3. The Morgan fingerprint density at radius 1 is 0.232 bits per heavy atom. The maximum absolute atomic E-state index is 9.89. The van der Waals surface area contributed by atoms with Gasteiger partial charge in [-0.1, -0.05) is 0 Å². The molecule has 16 nitrogen and oxygen atoms in total. The van der Waals surface area contributed by atoms with Gasteiger partial charge >= 0.3 is 0 Å². The van der Waals surface area contributed by atoms with Crippen molar-refractivity contribution in [2.45, 2.75) is 55.4 Å². The van der Waals surface area contributed by atoms with E-state index in [0.717, 1.165) is 52.9 Å². The maximum atomic E-state index is 9.89. The van der Waals surface area contributed by atoms with E-state index in [-0.39, 0.29) is 0 Å². The van der Waals surface area contributed by atoms with Crippen molar-refractivity contribution in [1.29, 1.82) is 0 Å². The van der Waals surface area contributed by atoms with Crippen LogP contribution in [-0.2, 0) is 34.9 Å². The zero-order valence-corrected chi connectivity index (χ0v) is 40.0. The van der Waals surface area contributed by atoms with Crippen molar-refractivity contribution in [3.8, 4) is 0 Å². The van der Waals surface area contributed by atoms with Crippen molar-refractivity contribution < 1.29 is 92.4 Å². The average Bonchev–Trinajstić information content (AvgIpc) is 3.05. The molecule has 0 saturated carbocycles. The quantitative estimate of drug-likeness (QED) is 0.141. The van der Waals surface area contributed by atoms with E-state index in [4.69, 9.17) is 40.2 Å². The molecule has 0 aromatic heterocycles. The van der Waals surface area contributed by atoms with E-state index in [1.165, 1.54) is 0 Å². The Morgan fingerprint density at radius 3 is 0.250 bits per heavy atom. The number of hydrogen-bond acceptors (Lipinski definition) is 8. The van der Waals surface area contributed by atoms with E-state index in [1.54, 1.807) is 0 Å². The predicted octanol–water partition coefficient (Wildman–Crippen LogP) is -2.81. The van der Waals surface area contributed by atoms with Crippen LogP contribution in [0, 0.1) is 0 Å². The van der Waals surface area contributed by atoms with Crippen LogP contribution >= 0.6 is 0 Å². The molecule has 0 aromatic carbocycles. The lowest BCUT2D eigenvalue weighted by molar-refractivity contribution is -0.368. The lowest BCUT2D eigenvalue weighted by atomic mass is 10.3. The SMILES string of the molecule is CC[O+](C)C.CC[O+](C)C.CC[O+](C)C.CC[O+](C)C.CC[O+](C)C.CC[O+](C)C.CC[O+](C)C.CC[O+](C)C.[O-]B([O-])F.[O-]B([O-])F.[O-]B([O-])F.[O-]B([O-])F. The highest BCUT2D eigenvalue weighted by atomic mass is 19.1. The van der Waals surface area contributed by atoms with Crippen LogP contribution in [0.1, 0.15) is 55.4 Å². The molecule has 0 saturated heterocycles. The molecule has 0 N–H and O–H groups in total. The van der Waals surface area contributed by atoms with E-state index >= 15 is 0 Å². The Labute approximate surface area is 343 Å². The lowest BCUT2D eigenvalue weighted by Gasteiger charge is -2.09. The van der Waals surface area contributed by atoms with Crippen LogP contribution in [0.15, 0.2) is 0 Å². The smallest absolute Gasteiger partial charge is 0.142 e. The summed E-state index contributed by atoms with van der Waals surface area (Å²) < 4.78 is 61.5. The molecule has 0 bridgehead atoms. The van der Waals surface area contributed by atoms with Gasteiger partial charge in [0.2, 0.25) is 0 Å². The highest BCUT2D eigenvalue weighted by Crippen LogP contribution is 1.77. The fourth-order valence-electron chi connectivity index (χ4n) is 0. The topological polar surface area (TPSA) is 206 Å². The summed E-state index contributed by atoms with van der Waals surface area (Å²) in [4.78, 5) is 0. The molecule has 24 heteroatoms. The van der Waals surface area contributed by atoms with Gasteiger partial charge in [-0.2, -0.15) is 0 Å². The summed E-state index contributed by atoms with van der Waals surface area (Å²) >= 11 is 0. The molecule has 0 aromatic rings. The fourth-order valence-corrected chi connectivity index (χ4v) is 0. The van der Waals surface area contributed by atoms with Gasteiger partial charge < -0.3 is 92.4 Å².